The topological polar surface area (TPSA) is 106 Å². The Kier molecular flexibility index (Phi) is 4.55. The van der Waals surface area contributed by atoms with Crippen molar-refractivity contribution >= 4 is 39.2 Å². The first-order chi connectivity index (χ1) is 18.0. The van der Waals surface area contributed by atoms with Gasteiger partial charge in [0.15, 0.2) is 5.58 Å². The molecular formula is C29H23N3O5. The van der Waals surface area contributed by atoms with Gasteiger partial charge in [-0.2, -0.15) is 5.26 Å². The Hall–Kier alpha value is -4.22. The summed E-state index contributed by atoms with van der Waals surface area (Å²) in [6.07, 6.45) is 1.82. The third-order valence-electron chi connectivity index (χ3n) is 8.38. The summed E-state index contributed by atoms with van der Waals surface area (Å²) < 4.78 is 17.8. The predicted octanol–water partition coefficient (Wildman–Crippen LogP) is 4.75. The number of amides is 2. The molecule has 37 heavy (non-hydrogen) atoms. The second kappa shape index (κ2) is 7.64. The van der Waals surface area contributed by atoms with E-state index in [0.29, 0.717) is 52.7 Å². The molecule has 3 aliphatic rings. The number of nitrogens with zero attached hydrogens (tertiary/aromatic N) is 3. The van der Waals surface area contributed by atoms with Crippen LogP contribution in [0.5, 0.6) is 5.88 Å². The van der Waals surface area contributed by atoms with Crippen LogP contribution in [0.15, 0.2) is 65.2 Å². The van der Waals surface area contributed by atoms with Crippen LogP contribution >= 0.6 is 0 Å². The maximum absolute atomic E-state index is 14.0. The number of aromatic nitrogens is 1. The zero-order valence-corrected chi connectivity index (χ0v) is 20.1. The molecule has 0 unspecified atom stereocenters. The Morgan fingerprint density at radius 3 is 2.54 bits per heavy atom. The fourth-order valence-electron chi connectivity index (χ4n) is 6.71. The Morgan fingerprint density at radius 2 is 1.73 bits per heavy atom. The summed E-state index contributed by atoms with van der Waals surface area (Å²) in [6.45, 7) is 2.22. The number of imide groups is 1. The number of hydrogen-bond donors (Lipinski definition) is 0. The van der Waals surface area contributed by atoms with E-state index in [9.17, 15) is 14.9 Å². The summed E-state index contributed by atoms with van der Waals surface area (Å²) in [7, 11) is 0. The Labute approximate surface area is 212 Å². The molecule has 3 fully saturated rings. The number of hydrogen-bond acceptors (Lipinski definition) is 7. The van der Waals surface area contributed by atoms with Crippen LogP contribution < -0.4 is 9.64 Å². The molecule has 3 saturated heterocycles. The molecule has 8 nitrogen and oxygen atoms in total. The van der Waals surface area contributed by atoms with Crippen LogP contribution in [-0.2, 0) is 14.3 Å². The maximum Gasteiger partial charge on any atom is 0.262 e. The van der Waals surface area contributed by atoms with E-state index in [0.717, 1.165) is 5.39 Å². The van der Waals surface area contributed by atoms with E-state index >= 15 is 0 Å². The average Bonchev–Trinajstić information content (AvgIpc) is 3.62. The van der Waals surface area contributed by atoms with E-state index in [1.807, 2.05) is 55.5 Å². The van der Waals surface area contributed by atoms with Crippen LogP contribution in [0.3, 0.4) is 0 Å². The van der Waals surface area contributed by atoms with E-state index < -0.39 is 23.0 Å². The molecule has 7 rings (SSSR count). The van der Waals surface area contributed by atoms with E-state index in [2.05, 4.69) is 11.2 Å². The molecule has 1 aromatic heterocycles. The number of rotatable bonds is 5. The number of carbonyl (C=O) groups is 2. The van der Waals surface area contributed by atoms with Gasteiger partial charge < -0.3 is 14.0 Å². The summed E-state index contributed by atoms with van der Waals surface area (Å²) in [6, 6.07) is 20.4. The Morgan fingerprint density at radius 1 is 1.00 bits per heavy atom. The summed E-state index contributed by atoms with van der Waals surface area (Å²) in [4.78, 5) is 29.2. The fraction of sp³-hybridized carbons (Fsp3) is 0.310. The van der Waals surface area contributed by atoms with Crippen LogP contribution in [0.25, 0.3) is 21.7 Å². The van der Waals surface area contributed by atoms with Gasteiger partial charge in [-0.25, -0.2) is 4.90 Å². The lowest BCUT2D eigenvalue weighted by molar-refractivity contribution is -0.131. The van der Waals surface area contributed by atoms with Gasteiger partial charge in [0, 0.05) is 17.2 Å². The van der Waals surface area contributed by atoms with E-state index in [1.54, 1.807) is 12.1 Å². The molecule has 4 heterocycles. The summed E-state index contributed by atoms with van der Waals surface area (Å²) in [5, 5.41) is 15.8. The fourth-order valence-corrected chi connectivity index (χ4v) is 6.71. The normalized spacial score (nSPS) is 28.3. The highest BCUT2D eigenvalue weighted by molar-refractivity contribution is 6.26. The Bertz CT molecular complexity index is 1650. The molecule has 3 aromatic carbocycles. The maximum atomic E-state index is 14.0. The van der Waals surface area contributed by atoms with Crippen LogP contribution in [-0.4, -0.2) is 34.8 Å². The third-order valence-corrected chi connectivity index (χ3v) is 8.38. The number of carbonyl (C=O) groups excluding carboxylic acids is 2. The SMILES string of the molecule is C[C@]12CC[C@](CCOc3noc4ccccc34)(O1)[C@@H]1C(=O)N(c3ccc(C#N)c4ccccc34)C(=O)[C@@H]12. The highest BCUT2D eigenvalue weighted by Crippen LogP contribution is 2.62. The van der Waals surface area contributed by atoms with Gasteiger partial charge in [0.25, 0.3) is 5.88 Å². The van der Waals surface area contributed by atoms with Crippen molar-refractivity contribution in [1.29, 1.82) is 5.26 Å². The second-order valence-corrected chi connectivity index (χ2v) is 10.3. The first kappa shape index (κ1) is 22.0. The first-order valence-electron chi connectivity index (χ1n) is 12.4. The van der Waals surface area contributed by atoms with E-state index in [1.165, 1.54) is 4.90 Å². The molecule has 2 amide bonds. The van der Waals surface area contributed by atoms with Crippen molar-refractivity contribution in [1.82, 2.24) is 5.16 Å². The van der Waals surface area contributed by atoms with Crippen molar-refractivity contribution in [2.75, 3.05) is 11.5 Å². The van der Waals surface area contributed by atoms with Crippen molar-refractivity contribution in [3.8, 4) is 11.9 Å². The van der Waals surface area contributed by atoms with Gasteiger partial charge in [-0.15, -0.1) is 0 Å². The molecule has 8 heteroatoms. The monoisotopic (exact) mass is 493 g/mol. The van der Waals surface area contributed by atoms with Crippen molar-refractivity contribution in [3.63, 3.8) is 0 Å². The quantitative estimate of drug-likeness (QED) is 0.370. The van der Waals surface area contributed by atoms with Gasteiger partial charge in [0.05, 0.1) is 52.4 Å². The van der Waals surface area contributed by atoms with Crippen LogP contribution in [0.2, 0.25) is 0 Å². The number of anilines is 1. The van der Waals surface area contributed by atoms with Crippen LogP contribution in [0.1, 0.15) is 31.7 Å². The number of fused-ring (bicyclic) bond motifs is 7. The molecule has 2 bridgehead atoms. The Balaban J connectivity index is 1.21. The van der Waals surface area contributed by atoms with Crippen LogP contribution in [0, 0.1) is 23.2 Å². The average molecular weight is 494 g/mol. The minimum atomic E-state index is -0.789. The minimum absolute atomic E-state index is 0.239. The number of ether oxygens (including phenoxy) is 2. The smallest absolute Gasteiger partial charge is 0.262 e. The minimum Gasteiger partial charge on any atom is -0.475 e. The molecule has 0 saturated carbocycles. The first-order valence-corrected chi connectivity index (χ1v) is 12.4. The summed E-state index contributed by atoms with van der Waals surface area (Å²) in [5.41, 5.74) is 0.159. The van der Waals surface area contributed by atoms with Crippen molar-refractivity contribution in [2.45, 2.75) is 37.4 Å². The molecule has 4 atom stereocenters. The molecule has 3 aliphatic heterocycles. The van der Waals surface area contributed by atoms with Crippen molar-refractivity contribution < 1.29 is 23.6 Å². The molecule has 0 aliphatic carbocycles. The molecular weight excluding hydrogens is 470 g/mol. The molecule has 0 spiro atoms. The highest BCUT2D eigenvalue weighted by atomic mass is 16.6. The zero-order valence-electron chi connectivity index (χ0n) is 20.1. The van der Waals surface area contributed by atoms with E-state index in [4.69, 9.17) is 14.0 Å². The van der Waals surface area contributed by atoms with Gasteiger partial charge >= 0.3 is 0 Å². The number of nitriles is 1. The number of para-hydroxylation sites is 1. The van der Waals surface area contributed by atoms with Gasteiger partial charge in [0.2, 0.25) is 11.8 Å². The molecule has 4 aromatic rings. The van der Waals surface area contributed by atoms with Gasteiger partial charge in [0.1, 0.15) is 0 Å². The number of benzene rings is 3. The van der Waals surface area contributed by atoms with Crippen LogP contribution in [0.4, 0.5) is 5.69 Å². The standard InChI is InChI=1S/C29H23N3O5/c1-28-12-13-29(37-28,14-15-35-25-20-8-4-5-9-22(20)36-31-25)24-23(28)26(33)32(27(24)34)21-11-10-17(16-30)18-6-2-3-7-19(18)21/h2-11,23-24H,12-15H2,1H3/t23-,24+,28-,29-/m1/s1. The lowest BCUT2D eigenvalue weighted by atomic mass is 9.67. The van der Waals surface area contributed by atoms with Crippen molar-refractivity contribution in [2.24, 2.45) is 11.8 Å². The lowest BCUT2D eigenvalue weighted by Crippen LogP contribution is -2.43. The molecule has 0 N–H and O–H groups in total. The second-order valence-electron chi connectivity index (χ2n) is 10.3. The van der Waals surface area contributed by atoms with Gasteiger partial charge in [-0.3, -0.25) is 9.59 Å². The molecule has 184 valence electrons. The van der Waals surface area contributed by atoms with E-state index in [-0.39, 0.29) is 18.4 Å². The third kappa shape index (κ3) is 2.95. The van der Waals surface area contributed by atoms with Gasteiger partial charge in [-0.1, -0.05) is 36.4 Å². The largest absolute Gasteiger partial charge is 0.475 e. The van der Waals surface area contributed by atoms with Crippen molar-refractivity contribution in [3.05, 3.63) is 66.2 Å². The molecule has 0 radical (unpaired) electrons. The summed E-state index contributed by atoms with van der Waals surface area (Å²) >= 11 is 0. The van der Waals surface area contributed by atoms with Gasteiger partial charge in [-0.05, 0) is 49.2 Å². The highest BCUT2D eigenvalue weighted by Gasteiger charge is 2.73. The summed E-state index contributed by atoms with van der Waals surface area (Å²) in [5.74, 6) is -1.24. The zero-order chi connectivity index (χ0) is 25.4. The lowest BCUT2D eigenvalue weighted by Gasteiger charge is -2.31. The predicted molar refractivity (Wildman–Crippen MR) is 134 cm³/mol.